The second-order valence-corrected chi connectivity index (χ2v) is 3.41. The molecule has 0 radical (unpaired) electrons. The Hall–Kier alpha value is -1.03. The van der Waals surface area contributed by atoms with Gasteiger partial charge in [-0.1, -0.05) is 0 Å². The first-order chi connectivity index (χ1) is 5.11. The van der Waals surface area contributed by atoms with E-state index < -0.39 is 0 Å². The Balaban J connectivity index is 2.66. The minimum Gasteiger partial charge on any atom is -0.302 e. The van der Waals surface area contributed by atoms with E-state index in [0.717, 1.165) is 11.3 Å². The zero-order valence-electron chi connectivity index (χ0n) is 6.62. The summed E-state index contributed by atoms with van der Waals surface area (Å²) in [6.45, 7) is 4.76. The number of aromatic nitrogens is 2. The third kappa shape index (κ3) is 0.758. The summed E-state index contributed by atoms with van der Waals surface area (Å²) in [5, 5.41) is 8.68. The molecule has 0 saturated heterocycles. The number of rotatable bonds is 0. The number of fused-ring (bicyclic) bond motifs is 1. The molecule has 4 nitrogen and oxygen atoms in total. The van der Waals surface area contributed by atoms with Crippen LogP contribution in [0.5, 0.6) is 0 Å². The number of aromatic amines is 2. The number of nitrogens with one attached hydrogen (secondary N) is 3. The zero-order chi connectivity index (χ0) is 8.06. The minimum absolute atomic E-state index is 0.00178. The highest BCUT2D eigenvalue weighted by Gasteiger charge is 2.32. The van der Waals surface area contributed by atoms with Gasteiger partial charge in [-0.2, -0.15) is 0 Å². The van der Waals surface area contributed by atoms with Crippen LogP contribution in [0.2, 0.25) is 0 Å². The molecule has 4 heteroatoms. The molecular formula is C7H11N3O. The van der Waals surface area contributed by atoms with E-state index in [0.29, 0.717) is 6.54 Å². The van der Waals surface area contributed by atoms with Gasteiger partial charge < -0.3 is 10.4 Å². The van der Waals surface area contributed by atoms with Crippen LogP contribution in [-0.4, -0.2) is 10.2 Å². The summed E-state index contributed by atoms with van der Waals surface area (Å²) in [6, 6.07) is 0. The third-order valence-corrected chi connectivity index (χ3v) is 2.21. The molecule has 1 aromatic heterocycles. The van der Waals surface area contributed by atoms with Gasteiger partial charge >= 0.3 is 0 Å². The standard InChI is InChI=1S/C7H11N3O/c1-7(2)5-4(3-8-7)6(11)10-9-5/h8H,3H2,1-2H3,(H2,9,10,11). The summed E-state index contributed by atoms with van der Waals surface area (Å²) in [7, 11) is 0. The highest BCUT2D eigenvalue weighted by atomic mass is 16.1. The van der Waals surface area contributed by atoms with Crippen LogP contribution < -0.4 is 10.9 Å². The lowest BCUT2D eigenvalue weighted by atomic mass is 10.0. The Morgan fingerprint density at radius 3 is 2.73 bits per heavy atom. The van der Waals surface area contributed by atoms with Gasteiger partial charge in [-0.25, -0.2) is 0 Å². The molecule has 0 fully saturated rings. The molecule has 0 unspecified atom stereocenters. The van der Waals surface area contributed by atoms with E-state index in [4.69, 9.17) is 0 Å². The first-order valence-electron chi connectivity index (χ1n) is 3.66. The fraction of sp³-hybridized carbons (Fsp3) is 0.571. The van der Waals surface area contributed by atoms with Crippen molar-refractivity contribution in [2.75, 3.05) is 0 Å². The van der Waals surface area contributed by atoms with Crippen molar-refractivity contribution < 1.29 is 0 Å². The highest BCUT2D eigenvalue weighted by molar-refractivity contribution is 5.28. The predicted octanol–water partition coefficient (Wildman–Crippen LogP) is 0.0413. The molecule has 0 spiro atoms. The first-order valence-corrected chi connectivity index (χ1v) is 3.66. The maximum absolute atomic E-state index is 11.1. The lowest BCUT2D eigenvalue weighted by molar-refractivity contribution is 0.428. The van der Waals surface area contributed by atoms with Gasteiger partial charge in [-0.3, -0.25) is 9.89 Å². The van der Waals surface area contributed by atoms with Gasteiger partial charge in [-0.05, 0) is 13.8 Å². The molecule has 0 amide bonds. The predicted molar refractivity (Wildman–Crippen MR) is 41.3 cm³/mol. The molecule has 2 rings (SSSR count). The normalized spacial score (nSPS) is 20.2. The summed E-state index contributed by atoms with van der Waals surface area (Å²) in [5.41, 5.74) is 1.74. The molecule has 1 aromatic rings. The maximum atomic E-state index is 11.1. The number of hydrogen-bond donors (Lipinski definition) is 3. The number of H-pyrrole nitrogens is 2. The van der Waals surface area contributed by atoms with Gasteiger partial charge in [0.25, 0.3) is 5.56 Å². The summed E-state index contributed by atoms with van der Waals surface area (Å²) in [6.07, 6.45) is 0. The smallest absolute Gasteiger partial charge is 0.268 e. The van der Waals surface area contributed by atoms with E-state index >= 15 is 0 Å². The molecular weight excluding hydrogens is 142 g/mol. The molecule has 0 aliphatic carbocycles. The Kier molecular flexibility index (Phi) is 1.07. The molecule has 3 N–H and O–H groups in total. The van der Waals surface area contributed by atoms with E-state index in [2.05, 4.69) is 15.5 Å². The summed E-state index contributed by atoms with van der Waals surface area (Å²) in [4.78, 5) is 11.1. The van der Waals surface area contributed by atoms with Crippen molar-refractivity contribution in [3.05, 3.63) is 21.6 Å². The molecule has 2 heterocycles. The molecule has 11 heavy (non-hydrogen) atoms. The molecule has 1 aliphatic heterocycles. The topological polar surface area (TPSA) is 60.7 Å². The van der Waals surface area contributed by atoms with E-state index in [1.54, 1.807) is 0 Å². The van der Waals surface area contributed by atoms with Crippen molar-refractivity contribution in [1.29, 1.82) is 0 Å². The summed E-state index contributed by atoms with van der Waals surface area (Å²) >= 11 is 0. The fourth-order valence-electron chi connectivity index (χ4n) is 1.48. The second kappa shape index (κ2) is 1.76. The minimum atomic E-state index is -0.0888. The van der Waals surface area contributed by atoms with Gasteiger partial charge in [0.05, 0.1) is 16.8 Å². The van der Waals surface area contributed by atoms with Crippen LogP contribution in [0, 0.1) is 0 Å². The average molecular weight is 153 g/mol. The first kappa shape index (κ1) is 6.67. The van der Waals surface area contributed by atoms with E-state index in [1.165, 1.54) is 0 Å². The summed E-state index contributed by atoms with van der Waals surface area (Å²) < 4.78 is 0. The molecule has 0 saturated carbocycles. The molecule has 0 atom stereocenters. The second-order valence-electron chi connectivity index (χ2n) is 3.41. The molecule has 0 aromatic carbocycles. The monoisotopic (exact) mass is 153 g/mol. The van der Waals surface area contributed by atoms with Crippen LogP contribution >= 0.6 is 0 Å². The lowest BCUT2D eigenvalue weighted by Crippen LogP contribution is -2.30. The van der Waals surface area contributed by atoms with Crippen molar-refractivity contribution in [2.45, 2.75) is 25.9 Å². The van der Waals surface area contributed by atoms with Crippen molar-refractivity contribution in [2.24, 2.45) is 0 Å². The van der Waals surface area contributed by atoms with Gasteiger partial charge in [0, 0.05) is 6.54 Å². The Bertz CT molecular complexity index is 334. The largest absolute Gasteiger partial charge is 0.302 e. The Morgan fingerprint density at radius 2 is 2.09 bits per heavy atom. The van der Waals surface area contributed by atoms with Crippen LogP contribution in [0.3, 0.4) is 0 Å². The quantitative estimate of drug-likeness (QED) is 0.493. The van der Waals surface area contributed by atoms with E-state index in [-0.39, 0.29) is 11.1 Å². The fourth-order valence-corrected chi connectivity index (χ4v) is 1.48. The summed E-state index contributed by atoms with van der Waals surface area (Å²) in [5.74, 6) is 0. The molecule has 1 aliphatic rings. The SMILES string of the molecule is CC1(C)NCc2c1[nH][nH]c2=O. The van der Waals surface area contributed by atoms with E-state index in [1.807, 2.05) is 13.8 Å². The van der Waals surface area contributed by atoms with Crippen molar-refractivity contribution in [3.63, 3.8) is 0 Å². The van der Waals surface area contributed by atoms with Crippen LogP contribution in [0.25, 0.3) is 0 Å². The zero-order valence-corrected chi connectivity index (χ0v) is 6.62. The van der Waals surface area contributed by atoms with Crippen LogP contribution in [0.15, 0.2) is 4.79 Å². The Morgan fingerprint density at radius 1 is 1.36 bits per heavy atom. The van der Waals surface area contributed by atoms with Gasteiger partial charge in [0.2, 0.25) is 0 Å². The van der Waals surface area contributed by atoms with Gasteiger partial charge in [-0.15, -0.1) is 0 Å². The highest BCUT2D eigenvalue weighted by Crippen LogP contribution is 2.25. The Labute approximate surface area is 64.0 Å². The molecule has 0 bridgehead atoms. The maximum Gasteiger partial charge on any atom is 0.268 e. The number of hydrogen-bond acceptors (Lipinski definition) is 2. The van der Waals surface area contributed by atoms with Crippen molar-refractivity contribution >= 4 is 0 Å². The third-order valence-electron chi connectivity index (χ3n) is 2.21. The van der Waals surface area contributed by atoms with Crippen molar-refractivity contribution in [1.82, 2.24) is 15.5 Å². The average Bonchev–Trinajstić information content (AvgIpc) is 2.39. The van der Waals surface area contributed by atoms with Crippen molar-refractivity contribution in [3.8, 4) is 0 Å². The van der Waals surface area contributed by atoms with E-state index in [9.17, 15) is 4.79 Å². The van der Waals surface area contributed by atoms with Crippen LogP contribution in [-0.2, 0) is 12.1 Å². The van der Waals surface area contributed by atoms with Crippen LogP contribution in [0.1, 0.15) is 25.1 Å². The lowest BCUT2D eigenvalue weighted by Gasteiger charge is -2.17. The van der Waals surface area contributed by atoms with Gasteiger partial charge in [0.1, 0.15) is 0 Å². The molecule has 60 valence electrons. The van der Waals surface area contributed by atoms with Crippen LogP contribution in [0.4, 0.5) is 0 Å². The van der Waals surface area contributed by atoms with Gasteiger partial charge in [0.15, 0.2) is 0 Å².